The molecule has 2 unspecified atom stereocenters. The van der Waals surface area contributed by atoms with E-state index in [4.69, 9.17) is 0 Å². The maximum atomic E-state index is 14.0. The number of halogens is 2. The number of nitrogens with zero attached hydrogens (tertiary/aromatic N) is 3. The minimum absolute atomic E-state index is 0.0347. The number of hydrogen-bond acceptors (Lipinski definition) is 4. The molecule has 166 valence electrons. The SMILES string of the molecule is Cn1cnc(S(=O)(=O)N2CC3C(C2)C3(CNC(=O)c2c(F)cccc2F)CC2CC2)c1. The van der Waals surface area contributed by atoms with Gasteiger partial charge in [-0.3, -0.25) is 4.79 Å². The maximum absolute atomic E-state index is 14.0. The molecule has 31 heavy (non-hydrogen) atoms. The summed E-state index contributed by atoms with van der Waals surface area (Å²) >= 11 is 0. The molecule has 2 aliphatic carbocycles. The number of hydrogen-bond donors (Lipinski definition) is 1. The summed E-state index contributed by atoms with van der Waals surface area (Å²) in [5, 5.41) is 2.77. The van der Waals surface area contributed by atoms with Crippen molar-refractivity contribution in [2.24, 2.45) is 30.2 Å². The molecular weight excluding hydrogens is 426 g/mol. The number of rotatable bonds is 7. The highest BCUT2D eigenvalue weighted by Gasteiger charge is 2.69. The van der Waals surface area contributed by atoms with Gasteiger partial charge >= 0.3 is 0 Å². The van der Waals surface area contributed by atoms with E-state index >= 15 is 0 Å². The van der Waals surface area contributed by atoms with Crippen LogP contribution in [0.15, 0.2) is 35.7 Å². The van der Waals surface area contributed by atoms with Gasteiger partial charge in [-0.05, 0) is 41.7 Å². The second kappa shape index (κ2) is 7.09. The summed E-state index contributed by atoms with van der Waals surface area (Å²) in [6, 6.07) is 3.34. The fraction of sp³-hybridized carbons (Fsp3) is 0.524. The zero-order valence-corrected chi connectivity index (χ0v) is 17.9. The van der Waals surface area contributed by atoms with E-state index < -0.39 is 33.1 Å². The molecular formula is C21H24F2N4O3S. The first-order chi connectivity index (χ1) is 14.7. The topological polar surface area (TPSA) is 84.3 Å². The summed E-state index contributed by atoms with van der Waals surface area (Å²) in [6.45, 7) is 1.05. The van der Waals surface area contributed by atoms with Crippen LogP contribution in [0.3, 0.4) is 0 Å². The average Bonchev–Trinajstić information content (AvgIpc) is 3.47. The van der Waals surface area contributed by atoms with Gasteiger partial charge in [0.2, 0.25) is 0 Å². The number of amides is 1. The molecule has 3 fully saturated rings. The van der Waals surface area contributed by atoms with Crippen LogP contribution in [0.5, 0.6) is 0 Å². The number of piperidine rings is 1. The quantitative estimate of drug-likeness (QED) is 0.701. The standard InChI is InChI=1S/C21H24F2N4O3S/c1-26-10-18(25-12-26)31(29,30)27-8-14-15(9-27)21(14,7-13-5-6-13)11-24-20(28)19-16(22)3-2-4-17(19)23/h2-4,10,12-15H,5-9,11H2,1H3,(H,24,28). The molecule has 1 amide bonds. The van der Waals surface area contributed by atoms with E-state index in [-0.39, 0.29) is 22.3 Å². The van der Waals surface area contributed by atoms with Gasteiger partial charge in [-0.2, -0.15) is 4.31 Å². The van der Waals surface area contributed by atoms with Gasteiger partial charge in [0.05, 0.1) is 6.33 Å². The predicted octanol–water partition coefficient (Wildman–Crippen LogP) is 2.17. The molecule has 1 aromatic carbocycles. The lowest BCUT2D eigenvalue weighted by Gasteiger charge is -2.26. The molecule has 0 bridgehead atoms. The van der Waals surface area contributed by atoms with E-state index in [1.165, 1.54) is 22.9 Å². The molecule has 10 heteroatoms. The van der Waals surface area contributed by atoms with Gasteiger partial charge in [0, 0.05) is 32.9 Å². The number of aromatic nitrogens is 2. The first kappa shape index (κ1) is 20.6. The van der Waals surface area contributed by atoms with Crippen LogP contribution in [0.1, 0.15) is 29.6 Å². The van der Waals surface area contributed by atoms with Crippen molar-refractivity contribution in [1.29, 1.82) is 0 Å². The van der Waals surface area contributed by atoms with Crippen LogP contribution >= 0.6 is 0 Å². The summed E-state index contributed by atoms with van der Waals surface area (Å²) in [5.41, 5.74) is -0.788. The highest BCUT2D eigenvalue weighted by Crippen LogP contribution is 2.67. The molecule has 2 atom stereocenters. The van der Waals surface area contributed by atoms with Crippen LogP contribution in [0.4, 0.5) is 8.78 Å². The van der Waals surface area contributed by atoms with Gasteiger partial charge in [0.1, 0.15) is 17.2 Å². The number of nitrogens with one attached hydrogen (secondary N) is 1. The molecule has 1 aromatic heterocycles. The normalized spacial score (nSPS) is 27.8. The van der Waals surface area contributed by atoms with Gasteiger partial charge in [-0.25, -0.2) is 22.2 Å². The van der Waals surface area contributed by atoms with Crippen LogP contribution in [0.2, 0.25) is 0 Å². The van der Waals surface area contributed by atoms with E-state index in [1.807, 2.05) is 0 Å². The lowest BCUT2D eigenvalue weighted by molar-refractivity contribution is 0.0928. The van der Waals surface area contributed by atoms with E-state index in [0.29, 0.717) is 25.6 Å². The van der Waals surface area contributed by atoms with Crippen molar-refractivity contribution in [2.45, 2.75) is 24.3 Å². The third-order valence-electron chi connectivity index (χ3n) is 7.07. The van der Waals surface area contributed by atoms with Crippen molar-refractivity contribution in [3.8, 4) is 0 Å². The predicted molar refractivity (Wildman–Crippen MR) is 107 cm³/mol. The van der Waals surface area contributed by atoms with Crippen molar-refractivity contribution in [1.82, 2.24) is 19.2 Å². The van der Waals surface area contributed by atoms with Crippen molar-refractivity contribution in [3.63, 3.8) is 0 Å². The Kier molecular flexibility index (Phi) is 4.71. The molecule has 7 nitrogen and oxygen atoms in total. The molecule has 2 heterocycles. The van der Waals surface area contributed by atoms with Crippen LogP contribution in [-0.2, 0) is 17.1 Å². The third-order valence-corrected chi connectivity index (χ3v) is 8.79. The monoisotopic (exact) mass is 450 g/mol. The number of sulfonamides is 1. The van der Waals surface area contributed by atoms with Crippen molar-refractivity contribution in [3.05, 3.63) is 47.9 Å². The Balaban J connectivity index is 1.29. The summed E-state index contributed by atoms with van der Waals surface area (Å²) in [5.74, 6) is -1.73. The molecule has 3 aliphatic rings. The number of aryl methyl sites for hydroxylation is 1. The first-order valence-corrected chi connectivity index (χ1v) is 11.9. The molecule has 2 saturated carbocycles. The van der Waals surface area contributed by atoms with Crippen LogP contribution in [0.25, 0.3) is 0 Å². The minimum atomic E-state index is -3.65. The Labute approximate surface area is 179 Å². The van der Waals surface area contributed by atoms with E-state index in [1.54, 1.807) is 11.6 Å². The van der Waals surface area contributed by atoms with Gasteiger partial charge in [0.15, 0.2) is 5.03 Å². The summed E-state index contributed by atoms with van der Waals surface area (Å²) in [6.07, 6.45) is 6.11. The van der Waals surface area contributed by atoms with E-state index in [2.05, 4.69) is 10.3 Å². The molecule has 1 N–H and O–H groups in total. The third kappa shape index (κ3) is 3.45. The minimum Gasteiger partial charge on any atom is -0.351 e. The molecule has 2 aromatic rings. The number of carbonyl (C=O) groups is 1. The lowest BCUT2D eigenvalue weighted by Crippen LogP contribution is -2.39. The fourth-order valence-corrected chi connectivity index (χ4v) is 6.66. The Bertz CT molecular complexity index is 1110. The molecule has 5 rings (SSSR count). The van der Waals surface area contributed by atoms with Crippen LogP contribution < -0.4 is 5.32 Å². The van der Waals surface area contributed by atoms with Gasteiger partial charge in [-0.15, -0.1) is 0 Å². The molecule has 1 aliphatic heterocycles. The number of carbonyl (C=O) groups excluding carboxylic acids is 1. The van der Waals surface area contributed by atoms with Crippen molar-refractivity contribution in [2.75, 3.05) is 19.6 Å². The maximum Gasteiger partial charge on any atom is 0.262 e. The largest absolute Gasteiger partial charge is 0.351 e. The Morgan fingerprint density at radius 3 is 2.42 bits per heavy atom. The van der Waals surface area contributed by atoms with E-state index in [0.717, 1.165) is 31.4 Å². The van der Waals surface area contributed by atoms with Crippen LogP contribution in [-0.4, -0.2) is 47.8 Å². The van der Waals surface area contributed by atoms with Crippen molar-refractivity contribution >= 4 is 15.9 Å². The van der Waals surface area contributed by atoms with E-state index in [9.17, 15) is 22.0 Å². The zero-order chi connectivity index (χ0) is 22.0. The zero-order valence-electron chi connectivity index (χ0n) is 17.1. The molecule has 1 saturated heterocycles. The second-order valence-electron chi connectivity index (χ2n) is 9.07. The van der Waals surface area contributed by atoms with Gasteiger partial charge in [0.25, 0.3) is 15.9 Å². The lowest BCUT2D eigenvalue weighted by atomic mass is 9.92. The second-order valence-corrected chi connectivity index (χ2v) is 11.0. The Morgan fingerprint density at radius 2 is 1.87 bits per heavy atom. The van der Waals surface area contributed by atoms with Gasteiger partial charge < -0.3 is 9.88 Å². The molecule has 0 spiro atoms. The molecule has 0 radical (unpaired) electrons. The Morgan fingerprint density at radius 1 is 1.23 bits per heavy atom. The number of benzene rings is 1. The highest BCUT2D eigenvalue weighted by molar-refractivity contribution is 7.89. The Hall–Kier alpha value is -2.33. The number of fused-ring (bicyclic) bond motifs is 1. The van der Waals surface area contributed by atoms with Crippen molar-refractivity contribution < 1.29 is 22.0 Å². The summed E-state index contributed by atoms with van der Waals surface area (Å²) in [7, 11) is -1.94. The highest BCUT2D eigenvalue weighted by atomic mass is 32.2. The first-order valence-electron chi connectivity index (χ1n) is 10.4. The van der Waals surface area contributed by atoms with Crippen LogP contribution in [0, 0.1) is 34.8 Å². The van der Waals surface area contributed by atoms with Gasteiger partial charge in [-0.1, -0.05) is 18.9 Å². The number of imidazole rings is 1. The average molecular weight is 451 g/mol. The smallest absolute Gasteiger partial charge is 0.262 e. The summed E-state index contributed by atoms with van der Waals surface area (Å²) < 4.78 is 56.7. The fourth-order valence-electron chi connectivity index (χ4n) is 5.20. The summed E-state index contributed by atoms with van der Waals surface area (Å²) in [4.78, 5) is 16.5.